The van der Waals surface area contributed by atoms with Crippen LogP contribution in [0.1, 0.15) is 26.1 Å². The van der Waals surface area contributed by atoms with E-state index in [-0.39, 0.29) is 6.04 Å². The van der Waals surface area contributed by atoms with Crippen LogP contribution in [0, 0.1) is 0 Å². The minimum absolute atomic E-state index is 0.192. The smallest absolute Gasteiger partial charge is 0.111 e. The van der Waals surface area contributed by atoms with Gasteiger partial charge < -0.3 is 10.3 Å². The quantitative estimate of drug-likeness (QED) is 0.846. The first-order valence-corrected chi connectivity index (χ1v) is 8.19. The number of aromatic nitrogens is 2. The van der Waals surface area contributed by atoms with Crippen molar-refractivity contribution < 1.29 is 0 Å². The monoisotopic (exact) mass is 277 g/mol. The van der Waals surface area contributed by atoms with Gasteiger partial charge in [-0.1, -0.05) is 26.0 Å². The summed E-state index contributed by atoms with van der Waals surface area (Å²) < 4.78 is 2.33. The van der Waals surface area contributed by atoms with Gasteiger partial charge in [-0.2, -0.15) is 11.8 Å². The maximum Gasteiger partial charge on any atom is 0.111 e. The van der Waals surface area contributed by atoms with Gasteiger partial charge in [-0.05, 0) is 24.3 Å². The SMILES string of the molecule is CCCn1c(CC(N)CSCC)nc2ccccc21. The van der Waals surface area contributed by atoms with E-state index in [2.05, 4.69) is 36.6 Å². The van der Waals surface area contributed by atoms with Gasteiger partial charge in [0.05, 0.1) is 11.0 Å². The van der Waals surface area contributed by atoms with Gasteiger partial charge in [0.1, 0.15) is 5.82 Å². The lowest BCUT2D eigenvalue weighted by molar-refractivity contribution is 0.619. The summed E-state index contributed by atoms with van der Waals surface area (Å²) in [5, 5.41) is 0. The van der Waals surface area contributed by atoms with Crippen molar-refractivity contribution >= 4 is 22.8 Å². The van der Waals surface area contributed by atoms with Crippen LogP contribution in [0.4, 0.5) is 0 Å². The van der Waals surface area contributed by atoms with Crippen LogP contribution in [0.3, 0.4) is 0 Å². The summed E-state index contributed by atoms with van der Waals surface area (Å²) >= 11 is 1.90. The van der Waals surface area contributed by atoms with E-state index < -0.39 is 0 Å². The molecule has 0 aliphatic heterocycles. The average Bonchev–Trinajstić information content (AvgIpc) is 2.75. The second-order valence-corrected chi connectivity index (χ2v) is 6.11. The molecule has 1 heterocycles. The Bertz CT molecular complexity index is 521. The third-order valence-corrected chi connectivity index (χ3v) is 4.23. The minimum atomic E-state index is 0.192. The average molecular weight is 277 g/mol. The normalized spacial score (nSPS) is 13.0. The van der Waals surface area contributed by atoms with Gasteiger partial charge in [-0.15, -0.1) is 0 Å². The van der Waals surface area contributed by atoms with E-state index in [9.17, 15) is 0 Å². The first-order valence-electron chi connectivity index (χ1n) is 7.03. The molecule has 1 atom stereocenters. The molecule has 0 aliphatic carbocycles. The van der Waals surface area contributed by atoms with Crippen LogP contribution in [-0.2, 0) is 13.0 Å². The summed E-state index contributed by atoms with van der Waals surface area (Å²) in [4.78, 5) is 4.75. The zero-order valence-electron chi connectivity index (χ0n) is 11.8. The Morgan fingerprint density at radius 3 is 2.84 bits per heavy atom. The van der Waals surface area contributed by atoms with Crippen molar-refractivity contribution in [3.05, 3.63) is 30.1 Å². The summed E-state index contributed by atoms with van der Waals surface area (Å²) in [6.45, 7) is 5.39. The van der Waals surface area contributed by atoms with Gasteiger partial charge in [0, 0.05) is 24.8 Å². The summed E-state index contributed by atoms with van der Waals surface area (Å²) in [7, 11) is 0. The molecule has 0 spiro atoms. The molecule has 1 aromatic heterocycles. The molecular formula is C15H23N3S. The van der Waals surface area contributed by atoms with Crippen molar-refractivity contribution in [2.45, 2.75) is 39.3 Å². The Balaban J connectivity index is 2.23. The van der Waals surface area contributed by atoms with Crippen molar-refractivity contribution in [2.75, 3.05) is 11.5 Å². The number of imidazole rings is 1. The van der Waals surface area contributed by atoms with Gasteiger partial charge in [0.25, 0.3) is 0 Å². The number of para-hydroxylation sites is 2. The molecule has 0 saturated heterocycles. The van der Waals surface area contributed by atoms with Crippen molar-refractivity contribution in [3.8, 4) is 0 Å². The van der Waals surface area contributed by atoms with Crippen molar-refractivity contribution in [1.82, 2.24) is 9.55 Å². The molecule has 0 radical (unpaired) electrons. The number of nitrogens with two attached hydrogens (primary N) is 1. The van der Waals surface area contributed by atoms with Crippen LogP contribution < -0.4 is 5.73 Å². The number of fused-ring (bicyclic) bond motifs is 1. The van der Waals surface area contributed by atoms with Gasteiger partial charge in [-0.25, -0.2) is 4.98 Å². The molecule has 0 saturated carbocycles. The van der Waals surface area contributed by atoms with E-state index in [1.165, 1.54) is 5.52 Å². The Labute approximate surface area is 119 Å². The third-order valence-electron chi connectivity index (χ3n) is 3.16. The molecule has 2 N–H and O–H groups in total. The van der Waals surface area contributed by atoms with E-state index in [0.717, 1.165) is 42.2 Å². The van der Waals surface area contributed by atoms with Gasteiger partial charge >= 0.3 is 0 Å². The Morgan fingerprint density at radius 1 is 1.32 bits per heavy atom. The molecule has 1 aromatic carbocycles. The predicted octanol–water partition coefficient (Wildman–Crippen LogP) is 3.07. The summed E-state index contributed by atoms with van der Waals surface area (Å²) in [6.07, 6.45) is 1.98. The third kappa shape index (κ3) is 3.51. The lowest BCUT2D eigenvalue weighted by atomic mass is 10.2. The highest BCUT2D eigenvalue weighted by atomic mass is 32.2. The Morgan fingerprint density at radius 2 is 2.11 bits per heavy atom. The van der Waals surface area contributed by atoms with Crippen LogP contribution >= 0.6 is 11.8 Å². The van der Waals surface area contributed by atoms with Crippen LogP contribution in [0.2, 0.25) is 0 Å². The molecule has 2 rings (SSSR count). The molecular weight excluding hydrogens is 254 g/mol. The van der Waals surface area contributed by atoms with Crippen LogP contribution in [-0.4, -0.2) is 27.1 Å². The second-order valence-electron chi connectivity index (χ2n) is 4.79. The molecule has 1 unspecified atom stereocenters. The number of rotatable bonds is 7. The van der Waals surface area contributed by atoms with E-state index in [1.807, 2.05) is 17.8 Å². The maximum atomic E-state index is 6.20. The summed E-state index contributed by atoms with van der Waals surface area (Å²) in [6, 6.07) is 8.54. The molecule has 0 aliphatic rings. The molecule has 0 fully saturated rings. The highest BCUT2D eigenvalue weighted by Gasteiger charge is 2.13. The second kappa shape index (κ2) is 6.96. The lowest BCUT2D eigenvalue weighted by Crippen LogP contribution is -2.27. The van der Waals surface area contributed by atoms with E-state index in [0.29, 0.717) is 0 Å². The molecule has 19 heavy (non-hydrogen) atoms. The highest BCUT2D eigenvalue weighted by Crippen LogP contribution is 2.18. The standard InChI is InChI=1S/C15H23N3S/c1-3-9-18-14-8-6-5-7-13(14)17-15(18)10-12(16)11-19-4-2/h5-8,12H,3-4,9-11,16H2,1-2H3. The fourth-order valence-corrected chi connectivity index (χ4v) is 2.97. The fourth-order valence-electron chi connectivity index (χ4n) is 2.32. The summed E-state index contributed by atoms with van der Waals surface area (Å²) in [5.41, 5.74) is 8.52. The Hall–Kier alpha value is -1.00. The lowest BCUT2D eigenvalue weighted by Gasteiger charge is -2.12. The zero-order chi connectivity index (χ0) is 13.7. The van der Waals surface area contributed by atoms with Crippen molar-refractivity contribution in [1.29, 1.82) is 0 Å². The highest BCUT2D eigenvalue weighted by molar-refractivity contribution is 7.99. The van der Waals surface area contributed by atoms with Crippen LogP contribution in [0.5, 0.6) is 0 Å². The molecule has 104 valence electrons. The van der Waals surface area contributed by atoms with Gasteiger partial charge in [0.15, 0.2) is 0 Å². The molecule has 0 amide bonds. The molecule has 0 bridgehead atoms. The van der Waals surface area contributed by atoms with E-state index >= 15 is 0 Å². The van der Waals surface area contributed by atoms with E-state index in [4.69, 9.17) is 10.7 Å². The van der Waals surface area contributed by atoms with Crippen molar-refractivity contribution in [3.63, 3.8) is 0 Å². The number of hydrogen-bond acceptors (Lipinski definition) is 3. The van der Waals surface area contributed by atoms with Crippen molar-refractivity contribution in [2.24, 2.45) is 5.73 Å². The van der Waals surface area contributed by atoms with E-state index in [1.54, 1.807) is 0 Å². The van der Waals surface area contributed by atoms with Gasteiger partial charge in [0.2, 0.25) is 0 Å². The first-order chi connectivity index (χ1) is 9.26. The number of aryl methyl sites for hydroxylation is 1. The van der Waals surface area contributed by atoms with Gasteiger partial charge in [-0.3, -0.25) is 0 Å². The first kappa shape index (κ1) is 14.4. The number of hydrogen-bond donors (Lipinski definition) is 1. The molecule has 3 nitrogen and oxygen atoms in total. The largest absolute Gasteiger partial charge is 0.328 e. The maximum absolute atomic E-state index is 6.20. The number of benzene rings is 1. The minimum Gasteiger partial charge on any atom is -0.328 e. The summed E-state index contributed by atoms with van der Waals surface area (Å²) in [5.74, 6) is 3.26. The zero-order valence-corrected chi connectivity index (χ0v) is 12.6. The topological polar surface area (TPSA) is 43.8 Å². The van der Waals surface area contributed by atoms with Crippen LogP contribution in [0.25, 0.3) is 11.0 Å². The molecule has 2 aromatic rings. The number of thioether (sulfide) groups is 1. The number of nitrogens with zero attached hydrogens (tertiary/aromatic N) is 2. The Kier molecular flexibility index (Phi) is 5.28. The van der Waals surface area contributed by atoms with Crippen LogP contribution in [0.15, 0.2) is 24.3 Å². The molecule has 4 heteroatoms. The predicted molar refractivity (Wildman–Crippen MR) is 84.7 cm³/mol. The fraction of sp³-hybridized carbons (Fsp3) is 0.533.